The van der Waals surface area contributed by atoms with Gasteiger partial charge in [0.05, 0.1) is 19.1 Å². The van der Waals surface area contributed by atoms with Gasteiger partial charge in [-0.1, -0.05) is 11.6 Å². The molecule has 0 aliphatic carbocycles. The predicted octanol–water partition coefficient (Wildman–Crippen LogP) is 3.37. The highest BCUT2D eigenvalue weighted by atomic mass is 35.5. The Bertz CT molecular complexity index is 543. The molecular formula is C10H6ClF6NO3. The maximum atomic E-state index is 12.9. The Kier molecular flexibility index (Phi) is 4.92. The molecule has 0 fully saturated rings. The molecule has 1 rings (SSSR count). The zero-order chi connectivity index (χ0) is 16.4. The number of halogens is 7. The molecule has 21 heavy (non-hydrogen) atoms. The molecule has 11 heteroatoms. The molecule has 0 N–H and O–H groups in total. The molecule has 0 saturated carbocycles. The number of esters is 1. The predicted molar refractivity (Wildman–Crippen MR) is 56.7 cm³/mol. The molecule has 4 nitrogen and oxygen atoms in total. The number of methoxy groups -OCH3 is 1. The van der Waals surface area contributed by atoms with Gasteiger partial charge in [-0.25, -0.2) is 4.98 Å². The number of aromatic nitrogens is 1. The van der Waals surface area contributed by atoms with Gasteiger partial charge in [-0.2, -0.15) is 13.2 Å². The maximum absolute atomic E-state index is 12.9. The molecular weight excluding hydrogens is 332 g/mol. The Morgan fingerprint density at radius 2 is 1.86 bits per heavy atom. The highest BCUT2D eigenvalue weighted by Crippen LogP contribution is 2.41. The standard InChI is InChI=1S/C10H6ClF6NO3/c1-20-5(19)2-4-3-18-8(21-10(15,16)17)7(11)6(4)9(12,13)14/h3H,2H2,1H3. The number of hydrogen-bond donors (Lipinski definition) is 0. The van der Waals surface area contributed by atoms with Crippen LogP contribution in [-0.4, -0.2) is 24.4 Å². The Morgan fingerprint density at radius 1 is 1.29 bits per heavy atom. The summed E-state index contributed by atoms with van der Waals surface area (Å²) in [5.41, 5.74) is -2.36. The van der Waals surface area contributed by atoms with E-state index in [1.54, 1.807) is 0 Å². The third-order valence-corrected chi connectivity index (χ3v) is 2.47. The summed E-state index contributed by atoms with van der Waals surface area (Å²) in [7, 11) is 0.936. The van der Waals surface area contributed by atoms with Crippen LogP contribution in [0.4, 0.5) is 26.3 Å². The highest BCUT2D eigenvalue weighted by Gasteiger charge is 2.40. The van der Waals surface area contributed by atoms with Crippen molar-refractivity contribution < 1.29 is 40.6 Å². The number of carbonyl (C=O) groups is 1. The number of alkyl halides is 6. The summed E-state index contributed by atoms with van der Waals surface area (Å²) < 4.78 is 82.2. The molecule has 0 aliphatic heterocycles. The van der Waals surface area contributed by atoms with Gasteiger partial charge in [0.25, 0.3) is 0 Å². The van der Waals surface area contributed by atoms with Crippen molar-refractivity contribution in [2.75, 3.05) is 7.11 Å². The first-order valence-corrected chi connectivity index (χ1v) is 5.40. The lowest BCUT2D eigenvalue weighted by Crippen LogP contribution is -2.21. The van der Waals surface area contributed by atoms with Crippen molar-refractivity contribution >= 4 is 17.6 Å². The quantitative estimate of drug-likeness (QED) is 0.627. The summed E-state index contributed by atoms with van der Waals surface area (Å²) in [5.74, 6) is -2.49. The van der Waals surface area contributed by atoms with Crippen LogP contribution in [0.1, 0.15) is 11.1 Å². The first kappa shape index (κ1) is 17.3. The van der Waals surface area contributed by atoms with Crippen molar-refractivity contribution in [3.8, 4) is 5.88 Å². The van der Waals surface area contributed by atoms with Crippen LogP contribution < -0.4 is 4.74 Å². The number of carbonyl (C=O) groups excluding carboxylic acids is 1. The molecule has 1 heterocycles. The van der Waals surface area contributed by atoms with E-state index in [-0.39, 0.29) is 0 Å². The average molecular weight is 338 g/mol. The Labute approximate surface area is 118 Å². The van der Waals surface area contributed by atoms with Crippen molar-refractivity contribution in [2.45, 2.75) is 19.0 Å². The minimum absolute atomic E-state index is 0.423. The van der Waals surface area contributed by atoms with Gasteiger partial charge in [-0.05, 0) is 5.56 Å². The largest absolute Gasteiger partial charge is 0.574 e. The highest BCUT2D eigenvalue weighted by molar-refractivity contribution is 6.32. The summed E-state index contributed by atoms with van der Waals surface area (Å²) in [6.07, 6.45) is -10.8. The van der Waals surface area contributed by atoms with Crippen LogP contribution in [-0.2, 0) is 22.1 Å². The fraction of sp³-hybridized carbons (Fsp3) is 0.400. The number of rotatable bonds is 3. The second kappa shape index (κ2) is 5.96. The van der Waals surface area contributed by atoms with Gasteiger partial charge in [0.15, 0.2) is 0 Å². The van der Waals surface area contributed by atoms with E-state index in [1.165, 1.54) is 0 Å². The normalized spacial score (nSPS) is 12.2. The second-order valence-electron chi connectivity index (χ2n) is 3.58. The Morgan fingerprint density at radius 3 is 2.29 bits per heavy atom. The third kappa shape index (κ3) is 4.66. The number of pyridine rings is 1. The number of ether oxygens (including phenoxy) is 2. The monoisotopic (exact) mass is 337 g/mol. The molecule has 0 aromatic carbocycles. The Hall–Kier alpha value is -1.71. The molecule has 0 amide bonds. The lowest BCUT2D eigenvalue weighted by Gasteiger charge is -2.16. The number of nitrogens with zero attached hydrogens (tertiary/aromatic N) is 1. The third-order valence-electron chi connectivity index (χ3n) is 2.12. The summed E-state index contributed by atoms with van der Waals surface area (Å²) in [6.45, 7) is 0. The molecule has 0 aliphatic rings. The van der Waals surface area contributed by atoms with Gasteiger partial charge in [-0.3, -0.25) is 4.79 Å². The van der Waals surface area contributed by atoms with Crippen LogP contribution in [0.2, 0.25) is 5.02 Å². The van der Waals surface area contributed by atoms with Crippen LogP contribution in [0.15, 0.2) is 6.20 Å². The second-order valence-corrected chi connectivity index (χ2v) is 3.95. The summed E-state index contributed by atoms with van der Waals surface area (Å²) >= 11 is 5.27. The van der Waals surface area contributed by atoms with E-state index in [0.29, 0.717) is 6.20 Å². The first-order chi connectivity index (χ1) is 9.45. The summed E-state index contributed by atoms with van der Waals surface area (Å²) in [4.78, 5) is 14.1. The maximum Gasteiger partial charge on any atom is 0.574 e. The molecule has 0 bridgehead atoms. The zero-order valence-electron chi connectivity index (χ0n) is 10.1. The van der Waals surface area contributed by atoms with E-state index in [1.807, 2.05) is 0 Å². The molecule has 0 unspecified atom stereocenters. The van der Waals surface area contributed by atoms with Crippen molar-refractivity contribution in [1.29, 1.82) is 0 Å². The topological polar surface area (TPSA) is 48.4 Å². The molecule has 0 spiro atoms. The van der Waals surface area contributed by atoms with Crippen molar-refractivity contribution in [1.82, 2.24) is 4.98 Å². The molecule has 118 valence electrons. The van der Waals surface area contributed by atoms with E-state index in [4.69, 9.17) is 11.6 Å². The fourth-order valence-electron chi connectivity index (χ4n) is 1.35. The average Bonchev–Trinajstić information content (AvgIpc) is 2.29. The minimum atomic E-state index is -5.26. The van der Waals surface area contributed by atoms with Crippen LogP contribution in [0, 0.1) is 0 Å². The molecule has 1 aromatic heterocycles. The smallest absolute Gasteiger partial charge is 0.469 e. The van der Waals surface area contributed by atoms with E-state index >= 15 is 0 Å². The van der Waals surface area contributed by atoms with Gasteiger partial charge < -0.3 is 9.47 Å². The SMILES string of the molecule is COC(=O)Cc1cnc(OC(F)(F)F)c(Cl)c1C(F)(F)F. The van der Waals surface area contributed by atoms with Gasteiger partial charge in [0.1, 0.15) is 5.02 Å². The van der Waals surface area contributed by atoms with E-state index < -0.39 is 47.0 Å². The van der Waals surface area contributed by atoms with Gasteiger partial charge in [0.2, 0.25) is 5.88 Å². The zero-order valence-corrected chi connectivity index (χ0v) is 10.9. The van der Waals surface area contributed by atoms with Crippen LogP contribution in [0.3, 0.4) is 0 Å². The first-order valence-electron chi connectivity index (χ1n) is 5.03. The van der Waals surface area contributed by atoms with E-state index in [9.17, 15) is 31.1 Å². The van der Waals surface area contributed by atoms with Crippen LogP contribution in [0.25, 0.3) is 0 Å². The van der Waals surface area contributed by atoms with E-state index in [0.717, 1.165) is 7.11 Å². The summed E-state index contributed by atoms with van der Waals surface area (Å²) in [5, 5.41) is -1.39. The lowest BCUT2D eigenvalue weighted by molar-refractivity contribution is -0.276. The number of hydrogen-bond acceptors (Lipinski definition) is 4. The molecule has 0 radical (unpaired) electrons. The van der Waals surface area contributed by atoms with Crippen molar-refractivity contribution in [3.05, 3.63) is 22.3 Å². The van der Waals surface area contributed by atoms with E-state index in [2.05, 4.69) is 14.5 Å². The van der Waals surface area contributed by atoms with Crippen LogP contribution in [0.5, 0.6) is 5.88 Å². The summed E-state index contributed by atoms with van der Waals surface area (Å²) in [6, 6.07) is 0. The molecule has 0 saturated heterocycles. The lowest BCUT2D eigenvalue weighted by atomic mass is 10.1. The van der Waals surface area contributed by atoms with Crippen LogP contribution >= 0.6 is 11.6 Å². The minimum Gasteiger partial charge on any atom is -0.469 e. The van der Waals surface area contributed by atoms with Gasteiger partial charge in [0, 0.05) is 6.20 Å². The molecule has 1 aromatic rings. The van der Waals surface area contributed by atoms with Gasteiger partial charge in [-0.15, -0.1) is 13.2 Å². The molecule has 0 atom stereocenters. The van der Waals surface area contributed by atoms with Gasteiger partial charge >= 0.3 is 18.5 Å². The Balaban J connectivity index is 3.36. The van der Waals surface area contributed by atoms with Crippen molar-refractivity contribution in [3.63, 3.8) is 0 Å². The fourth-order valence-corrected chi connectivity index (χ4v) is 1.67. The van der Waals surface area contributed by atoms with Crippen molar-refractivity contribution in [2.24, 2.45) is 0 Å².